The summed E-state index contributed by atoms with van der Waals surface area (Å²) in [6.45, 7) is 7.42. The van der Waals surface area contributed by atoms with Gasteiger partial charge in [0.05, 0.1) is 19.8 Å². The van der Waals surface area contributed by atoms with Crippen molar-refractivity contribution in [3.63, 3.8) is 0 Å². The quantitative estimate of drug-likeness (QED) is 0.181. The number of esters is 1. The van der Waals surface area contributed by atoms with Gasteiger partial charge in [-0.05, 0) is 31.9 Å². The van der Waals surface area contributed by atoms with E-state index in [-0.39, 0.29) is 24.3 Å². The van der Waals surface area contributed by atoms with Crippen molar-refractivity contribution in [1.82, 2.24) is 14.6 Å². The van der Waals surface area contributed by atoms with Crippen LogP contribution >= 0.6 is 7.75 Å². The third kappa shape index (κ3) is 8.03. The van der Waals surface area contributed by atoms with Crippen LogP contribution in [0.25, 0.3) is 0 Å². The fourth-order valence-corrected chi connectivity index (χ4v) is 6.01. The molecule has 0 radical (unpaired) electrons. The predicted molar refractivity (Wildman–Crippen MR) is 145 cm³/mol. The number of carbonyl (C=O) groups is 1. The van der Waals surface area contributed by atoms with E-state index >= 15 is 0 Å². The van der Waals surface area contributed by atoms with Crippen molar-refractivity contribution < 1.29 is 28.3 Å². The van der Waals surface area contributed by atoms with Crippen molar-refractivity contribution in [1.29, 1.82) is 0 Å². The number of hydrogen-bond acceptors (Lipinski definition) is 8. The number of aromatic nitrogens is 2. The minimum Gasteiger partial charge on any atom is -0.468 e. The van der Waals surface area contributed by atoms with Crippen LogP contribution in [0.4, 0.5) is 0 Å². The molecule has 1 unspecified atom stereocenters. The van der Waals surface area contributed by atoms with E-state index < -0.39 is 57.1 Å². The predicted octanol–water partition coefficient (Wildman–Crippen LogP) is 2.43. The molecule has 0 aliphatic heterocycles. The molecule has 3 N–H and O–H groups in total. The number of para-hydroxylation sites is 1. The highest BCUT2D eigenvalue weighted by Crippen LogP contribution is 2.47. The first kappa shape index (κ1) is 29.6. The highest BCUT2D eigenvalue weighted by molar-refractivity contribution is 7.52. The van der Waals surface area contributed by atoms with Gasteiger partial charge in [0.2, 0.25) is 0 Å². The lowest BCUT2D eigenvalue weighted by Crippen LogP contribution is -2.35. The molecule has 0 amide bonds. The molecule has 2 aromatic rings. The summed E-state index contributed by atoms with van der Waals surface area (Å²) in [6.07, 6.45) is 1.08. The van der Waals surface area contributed by atoms with Crippen molar-refractivity contribution in [3.05, 3.63) is 62.9 Å². The molecule has 1 aliphatic rings. The zero-order valence-corrected chi connectivity index (χ0v) is 24.0. The molecule has 38 heavy (non-hydrogen) atoms. The summed E-state index contributed by atoms with van der Waals surface area (Å²) in [4.78, 5) is 39.0. The topological polar surface area (TPSA) is 149 Å². The summed E-state index contributed by atoms with van der Waals surface area (Å²) in [7, 11) is -4.62. The Balaban J connectivity index is 1.78. The number of H-pyrrole nitrogens is 1. The van der Waals surface area contributed by atoms with Crippen molar-refractivity contribution in [2.24, 2.45) is 5.92 Å². The molecule has 1 heterocycles. The monoisotopic (exact) mass is 563 g/mol. The fraction of sp³-hybridized carbons (Fsp3) is 0.480. The van der Waals surface area contributed by atoms with Crippen LogP contribution in [0, 0.1) is 17.4 Å². The number of aliphatic hydroxyl groups is 1. The molecule has 1 fully saturated rings. The van der Waals surface area contributed by atoms with Gasteiger partial charge in [-0.2, -0.15) is 5.09 Å². The lowest BCUT2D eigenvalue weighted by molar-refractivity contribution is -0.142. The number of methoxy groups -OCH3 is 1. The summed E-state index contributed by atoms with van der Waals surface area (Å²) in [5, 5.41) is 13.3. The number of hydrogen-bond donors (Lipinski definition) is 3. The van der Waals surface area contributed by atoms with Crippen LogP contribution in [0.1, 0.15) is 31.4 Å². The van der Waals surface area contributed by atoms with E-state index in [0.717, 1.165) is 0 Å². The molecule has 1 aliphatic carbocycles. The van der Waals surface area contributed by atoms with Gasteiger partial charge in [0.25, 0.3) is 5.56 Å². The average Bonchev–Trinajstić information content (AvgIpc) is 3.21. The number of rotatable bonds is 9. The zero-order valence-electron chi connectivity index (χ0n) is 22.1. The molecular weight excluding hydrogens is 529 g/mol. The van der Waals surface area contributed by atoms with E-state index in [4.69, 9.17) is 13.8 Å². The van der Waals surface area contributed by atoms with Crippen LogP contribution in [0.2, 0.25) is 19.6 Å². The molecule has 3 rings (SSSR count). The van der Waals surface area contributed by atoms with Gasteiger partial charge in [-0.3, -0.25) is 23.7 Å². The molecule has 0 saturated heterocycles. The Labute approximate surface area is 222 Å². The van der Waals surface area contributed by atoms with Gasteiger partial charge in [-0.15, -0.1) is 5.54 Å². The maximum absolute atomic E-state index is 13.6. The number of carbonyl (C=O) groups excluding carboxylic acids is 1. The minimum absolute atomic E-state index is 0.178. The summed E-state index contributed by atoms with van der Waals surface area (Å²) < 4.78 is 30.9. The normalized spacial score (nSPS) is 21.6. The zero-order chi connectivity index (χ0) is 28.1. The van der Waals surface area contributed by atoms with Crippen molar-refractivity contribution in [3.8, 4) is 17.2 Å². The van der Waals surface area contributed by atoms with E-state index in [0.29, 0.717) is 6.42 Å². The smallest absolute Gasteiger partial charge is 0.459 e. The Bertz CT molecular complexity index is 1360. The number of nitrogens with one attached hydrogen (secondary N) is 2. The van der Waals surface area contributed by atoms with Crippen LogP contribution < -0.4 is 20.9 Å². The van der Waals surface area contributed by atoms with E-state index in [2.05, 4.69) is 21.5 Å². The Kier molecular flexibility index (Phi) is 9.57. The maximum atomic E-state index is 13.6. The second-order valence-corrected chi connectivity index (χ2v) is 16.7. The van der Waals surface area contributed by atoms with Gasteiger partial charge in [0, 0.05) is 18.2 Å². The van der Waals surface area contributed by atoms with Gasteiger partial charge in [0.15, 0.2) is 0 Å². The first-order chi connectivity index (χ1) is 17.8. The number of benzene rings is 1. The lowest BCUT2D eigenvalue weighted by Gasteiger charge is -2.24. The van der Waals surface area contributed by atoms with Gasteiger partial charge in [-0.1, -0.05) is 43.8 Å². The molecule has 1 aromatic carbocycles. The Morgan fingerprint density at radius 3 is 2.58 bits per heavy atom. The third-order valence-electron chi connectivity index (χ3n) is 5.90. The summed E-state index contributed by atoms with van der Waals surface area (Å²) in [6, 6.07) is 6.90. The van der Waals surface area contributed by atoms with Gasteiger partial charge >= 0.3 is 19.4 Å². The summed E-state index contributed by atoms with van der Waals surface area (Å²) in [5.74, 6) is 1.99. The van der Waals surface area contributed by atoms with Crippen LogP contribution in [0.5, 0.6) is 5.75 Å². The molecule has 13 heteroatoms. The van der Waals surface area contributed by atoms with Crippen LogP contribution in [0.15, 0.2) is 46.1 Å². The highest BCUT2D eigenvalue weighted by Gasteiger charge is 2.38. The number of ether oxygens (including phenoxy) is 1. The van der Waals surface area contributed by atoms with Crippen LogP contribution in [0.3, 0.4) is 0 Å². The second-order valence-electron chi connectivity index (χ2n) is 10.2. The molecule has 11 nitrogen and oxygen atoms in total. The molecule has 5 atom stereocenters. The third-order valence-corrected chi connectivity index (χ3v) is 8.42. The number of nitrogens with zero attached hydrogens (tertiary/aromatic N) is 1. The molecule has 0 spiro atoms. The van der Waals surface area contributed by atoms with Gasteiger partial charge in [-0.25, -0.2) is 9.36 Å². The Morgan fingerprint density at radius 1 is 1.26 bits per heavy atom. The highest BCUT2D eigenvalue weighted by atomic mass is 31.2. The fourth-order valence-electron chi connectivity index (χ4n) is 3.95. The molecule has 206 valence electrons. The van der Waals surface area contributed by atoms with Gasteiger partial charge in [0.1, 0.15) is 25.4 Å². The average molecular weight is 564 g/mol. The number of aromatic amines is 1. The summed E-state index contributed by atoms with van der Waals surface area (Å²) in [5.41, 5.74) is 2.15. The molecule has 1 aromatic heterocycles. The second kappa shape index (κ2) is 12.3. The largest absolute Gasteiger partial charge is 0.468 e. The molecule has 0 bridgehead atoms. The SMILES string of the molecule is COC(=O)[C@H](C)NP(=O)(OC[C@H]1C[C@@H](n2cc(C#C[Si](C)(C)C)c(=O)[nH]c2=O)C[C@@H]1O)Oc1ccccc1. The first-order valence-corrected chi connectivity index (χ1v) is 17.3. The maximum Gasteiger partial charge on any atom is 0.459 e. The Hall–Kier alpha value is -2.94. The van der Waals surface area contributed by atoms with Crippen molar-refractivity contribution in [2.45, 2.75) is 57.6 Å². The molecule has 1 saturated carbocycles. The standard InChI is InChI=1S/C25H34N3O8PSi/c1-17(24(31)34-2)27-37(33,36-21-9-7-6-8-10-21)35-16-19-13-20(14-22(19)29)28-15-18(11-12-38(3,4)5)23(30)26-25(28)32/h6-10,15,17,19-20,22,29H,13-14,16H2,1-5H3,(H,27,33)(H,26,30,32)/t17-,19+,20+,22-,37?/m0/s1. The van der Waals surface area contributed by atoms with E-state index in [9.17, 15) is 24.1 Å². The lowest BCUT2D eigenvalue weighted by atomic mass is 10.1. The van der Waals surface area contributed by atoms with Crippen LogP contribution in [-0.4, -0.2) is 54.6 Å². The molecular formula is C25H34N3O8PSi. The van der Waals surface area contributed by atoms with Crippen LogP contribution in [-0.2, 0) is 18.6 Å². The van der Waals surface area contributed by atoms with E-state index in [1.807, 2.05) is 19.6 Å². The minimum atomic E-state index is -4.08. The first-order valence-electron chi connectivity index (χ1n) is 12.2. The summed E-state index contributed by atoms with van der Waals surface area (Å²) >= 11 is 0. The van der Waals surface area contributed by atoms with Crippen molar-refractivity contribution in [2.75, 3.05) is 13.7 Å². The van der Waals surface area contributed by atoms with E-state index in [1.54, 1.807) is 30.3 Å². The van der Waals surface area contributed by atoms with Gasteiger partial charge < -0.3 is 14.4 Å². The Morgan fingerprint density at radius 2 is 1.95 bits per heavy atom. The van der Waals surface area contributed by atoms with E-state index in [1.165, 1.54) is 24.8 Å². The number of aliphatic hydroxyl groups excluding tert-OH is 1. The van der Waals surface area contributed by atoms with Crippen molar-refractivity contribution >= 4 is 21.8 Å².